The highest BCUT2D eigenvalue weighted by atomic mass is 32.2. The molecule has 0 saturated carbocycles. The van der Waals surface area contributed by atoms with E-state index in [0.29, 0.717) is 19.7 Å². The monoisotopic (exact) mass is 289 g/mol. The van der Waals surface area contributed by atoms with Crippen molar-refractivity contribution in [2.75, 3.05) is 31.6 Å². The van der Waals surface area contributed by atoms with E-state index >= 15 is 0 Å². The third-order valence-corrected chi connectivity index (χ3v) is 3.70. The molecule has 4 N–H and O–H groups in total. The number of primary sulfonamides is 1. The van der Waals surface area contributed by atoms with Gasteiger partial charge in [0, 0.05) is 19.6 Å². The minimum atomic E-state index is -3.88. The summed E-state index contributed by atoms with van der Waals surface area (Å²) in [5, 5.41) is 11.0. The predicted molar refractivity (Wildman–Crippen MR) is 68.9 cm³/mol. The number of morpholine rings is 1. The molecule has 0 spiro atoms. The van der Waals surface area contributed by atoms with Crippen molar-refractivity contribution in [1.82, 2.24) is 5.32 Å². The number of rotatable bonds is 4. The fourth-order valence-corrected chi connectivity index (χ4v) is 2.32. The van der Waals surface area contributed by atoms with Gasteiger partial charge in [0.2, 0.25) is 10.0 Å². The maximum atomic E-state index is 13.7. The Morgan fingerprint density at radius 3 is 2.89 bits per heavy atom. The molecule has 1 aliphatic heterocycles. The number of nitrogens with two attached hydrogens (primary N) is 1. The van der Waals surface area contributed by atoms with Gasteiger partial charge in [-0.2, -0.15) is 0 Å². The van der Waals surface area contributed by atoms with Crippen molar-refractivity contribution in [2.45, 2.75) is 11.0 Å². The van der Waals surface area contributed by atoms with E-state index in [1.54, 1.807) is 0 Å². The summed E-state index contributed by atoms with van der Waals surface area (Å²) in [5.74, 6) is -0.657. The Morgan fingerprint density at radius 2 is 2.32 bits per heavy atom. The second-order valence-electron chi connectivity index (χ2n) is 4.26. The first-order valence-corrected chi connectivity index (χ1v) is 7.40. The van der Waals surface area contributed by atoms with Crippen LogP contribution in [0.5, 0.6) is 0 Å². The second-order valence-corrected chi connectivity index (χ2v) is 5.83. The summed E-state index contributed by atoms with van der Waals surface area (Å²) in [6.07, 6.45) is -0.0360. The van der Waals surface area contributed by atoms with Crippen LogP contribution >= 0.6 is 0 Å². The van der Waals surface area contributed by atoms with Crippen molar-refractivity contribution >= 4 is 15.7 Å². The summed E-state index contributed by atoms with van der Waals surface area (Å²) in [6, 6.07) is 3.52. The lowest BCUT2D eigenvalue weighted by Crippen LogP contribution is -2.42. The quantitative estimate of drug-likeness (QED) is 0.718. The summed E-state index contributed by atoms with van der Waals surface area (Å²) in [4.78, 5) is -0.244. The maximum Gasteiger partial charge on any atom is 0.238 e. The Kier molecular flexibility index (Phi) is 4.35. The van der Waals surface area contributed by atoms with Crippen molar-refractivity contribution in [3.05, 3.63) is 24.0 Å². The van der Waals surface area contributed by atoms with Crippen molar-refractivity contribution in [2.24, 2.45) is 5.14 Å². The van der Waals surface area contributed by atoms with Crippen LogP contribution in [-0.2, 0) is 14.8 Å². The zero-order chi connectivity index (χ0) is 13.9. The molecule has 1 unspecified atom stereocenters. The van der Waals surface area contributed by atoms with Gasteiger partial charge >= 0.3 is 0 Å². The molecule has 1 aliphatic rings. The minimum absolute atomic E-state index is 0.0360. The van der Waals surface area contributed by atoms with Gasteiger partial charge in [-0.1, -0.05) is 0 Å². The number of hydrogen-bond donors (Lipinski definition) is 3. The van der Waals surface area contributed by atoms with Crippen LogP contribution in [-0.4, -0.2) is 40.8 Å². The van der Waals surface area contributed by atoms with Gasteiger partial charge in [-0.15, -0.1) is 0 Å². The van der Waals surface area contributed by atoms with Crippen LogP contribution in [0.15, 0.2) is 23.1 Å². The van der Waals surface area contributed by atoms with E-state index in [1.807, 2.05) is 0 Å². The lowest BCUT2D eigenvalue weighted by molar-refractivity contribution is 0.0372. The van der Waals surface area contributed by atoms with E-state index < -0.39 is 15.8 Å². The van der Waals surface area contributed by atoms with E-state index in [4.69, 9.17) is 9.88 Å². The largest absolute Gasteiger partial charge is 0.380 e. The molecule has 1 fully saturated rings. The Bertz CT molecular complexity index is 544. The lowest BCUT2D eigenvalue weighted by Gasteiger charge is -2.24. The summed E-state index contributed by atoms with van der Waals surface area (Å²) in [6.45, 7) is 2.58. The number of halogens is 1. The third kappa shape index (κ3) is 3.87. The first-order valence-electron chi connectivity index (χ1n) is 5.85. The Balaban J connectivity index is 2.01. The number of nitrogens with one attached hydrogen (secondary N) is 2. The fourth-order valence-electron chi connectivity index (χ4n) is 1.79. The van der Waals surface area contributed by atoms with Gasteiger partial charge in [-0.05, 0) is 18.2 Å². The molecule has 106 valence electrons. The number of anilines is 1. The summed E-state index contributed by atoms with van der Waals surface area (Å²) in [5.41, 5.74) is 0.224. The Morgan fingerprint density at radius 1 is 1.53 bits per heavy atom. The molecule has 0 amide bonds. The molecule has 0 bridgehead atoms. The van der Waals surface area contributed by atoms with Crippen molar-refractivity contribution in [3.8, 4) is 0 Å². The van der Waals surface area contributed by atoms with Crippen molar-refractivity contribution in [3.63, 3.8) is 0 Å². The van der Waals surface area contributed by atoms with Gasteiger partial charge in [0.1, 0.15) is 5.82 Å². The average Bonchev–Trinajstić information content (AvgIpc) is 2.37. The molecule has 1 heterocycles. The van der Waals surface area contributed by atoms with Gasteiger partial charge in [0.25, 0.3) is 0 Å². The average molecular weight is 289 g/mol. The smallest absolute Gasteiger partial charge is 0.238 e. The zero-order valence-electron chi connectivity index (χ0n) is 10.2. The standard InChI is InChI=1S/C11H16FN3O3S/c12-10-5-9(19(13,16)17)1-2-11(10)15-7-8-6-14-3-4-18-8/h1-2,5,8,14-15H,3-4,6-7H2,(H2,13,16,17). The molecule has 6 nitrogen and oxygen atoms in total. The van der Waals surface area contributed by atoms with Crippen LogP contribution in [0.25, 0.3) is 0 Å². The number of sulfonamides is 1. The molecule has 2 rings (SSSR count). The van der Waals surface area contributed by atoms with Crippen LogP contribution in [0.2, 0.25) is 0 Å². The highest BCUT2D eigenvalue weighted by Gasteiger charge is 2.15. The number of hydrogen-bond acceptors (Lipinski definition) is 5. The Labute approximate surface area is 111 Å². The molecule has 0 aromatic heterocycles. The predicted octanol–water partition coefficient (Wildman–Crippen LogP) is -0.127. The SMILES string of the molecule is NS(=O)(=O)c1ccc(NCC2CNCCO2)c(F)c1. The molecule has 8 heteroatoms. The normalized spacial score (nSPS) is 20.2. The van der Waals surface area contributed by atoms with Crippen LogP contribution in [0.1, 0.15) is 0 Å². The van der Waals surface area contributed by atoms with Gasteiger partial charge < -0.3 is 15.4 Å². The van der Waals surface area contributed by atoms with E-state index in [-0.39, 0.29) is 16.7 Å². The van der Waals surface area contributed by atoms with Gasteiger partial charge in [-0.3, -0.25) is 0 Å². The lowest BCUT2D eigenvalue weighted by atomic mass is 10.2. The minimum Gasteiger partial charge on any atom is -0.380 e. The van der Waals surface area contributed by atoms with E-state index in [0.717, 1.165) is 12.6 Å². The van der Waals surface area contributed by atoms with Crippen molar-refractivity contribution < 1.29 is 17.5 Å². The molecule has 1 aromatic rings. The van der Waals surface area contributed by atoms with E-state index in [2.05, 4.69) is 10.6 Å². The van der Waals surface area contributed by atoms with Crippen molar-refractivity contribution in [1.29, 1.82) is 0 Å². The molecule has 0 radical (unpaired) electrons. The first kappa shape index (κ1) is 14.2. The summed E-state index contributed by atoms with van der Waals surface area (Å²) < 4.78 is 41.3. The van der Waals surface area contributed by atoms with E-state index in [1.165, 1.54) is 12.1 Å². The van der Waals surface area contributed by atoms with E-state index in [9.17, 15) is 12.8 Å². The highest BCUT2D eigenvalue weighted by Crippen LogP contribution is 2.18. The number of benzene rings is 1. The Hall–Kier alpha value is -1.22. The second kappa shape index (κ2) is 5.83. The topological polar surface area (TPSA) is 93.5 Å². The van der Waals surface area contributed by atoms with Gasteiger partial charge in [0.15, 0.2) is 0 Å². The molecular formula is C11H16FN3O3S. The molecule has 1 atom stereocenters. The van der Waals surface area contributed by atoms with Crippen LogP contribution in [0, 0.1) is 5.82 Å². The molecule has 0 aliphatic carbocycles. The highest BCUT2D eigenvalue weighted by molar-refractivity contribution is 7.89. The first-order chi connectivity index (χ1) is 8.97. The molecule has 1 aromatic carbocycles. The van der Waals surface area contributed by atoms with Crippen LogP contribution in [0.3, 0.4) is 0 Å². The molecule has 19 heavy (non-hydrogen) atoms. The number of ether oxygens (including phenoxy) is 1. The van der Waals surface area contributed by atoms with Crippen LogP contribution < -0.4 is 15.8 Å². The van der Waals surface area contributed by atoms with Gasteiger partial charge in [-0.25, -0.2) is 17.9 Å². The summed E-state index contributed by atoms with van der Waals surface area (Å²) in [7, 11) is -3.88. The molecular weight excluding hydrogens is 273 g/mol. The van der Waals surface area contributed by atoms with Gasteiger partial charge in [0.05, 0.1) is 23.3 Å². The van der Waals surface area contributed by atoms with Crippen LogP contribution in [0.4, 0.5) is 10.1 Å². The third-order valence-electron chi connectivity index (χ3n) is 2.79. The zero-order valence-corrected chi connectivity index (χ0v) is 11.0. The molecule has 1 saturated heterocycles. The summed E-state index contributed by atoms with van der Waals surface area (Å²) >= 11 is 0. The maximum absolute atomic E-state index is 13.7. The fraction of sp³-hybridized carbons (Fsp3) is 0.455.